The number of carboxylic acids is 1. The third-order valence-electron chi connectivity index (χ3n) is 6.23. The second-order valence-electron chi connectivity index (χ2n) is 9.07. The average molecular weight is 570 g/mol. The lowest BCUT2D eigenvalue weighted by Gasteiger charge is -2.16. The summed E-state index contributed by atoms with van der Waals surface area (Å²) < 4.78 is 75.5. The fourth-order valence-corrected chi connectivity index (χ4v) is 4.25. The molecule has 0 fully saturated rings. The van der Waals surface area contributed by atoms with Crippen molar-refractivity contribution < 1.29 is 36.4 Å². The topological polar surface area (TPSA) is 110 Å². The van der Waals surface area contributed by atoms with Crippen LogP contribution in [0.5, 0.6) is 0 Å². The van der Waals surface area contributed by atoms with Crippen LogP contribution in [-0.2, 0) is 23.9 Å². The summed E-state index contributed by atoms with van der Waals surface area (Å²) in [6.45, 7) is -1.00. The molecule has 2 heterocycles. The number of carboxylic acid groups (broad SMARTS) is 1. The maximum Gasteiger partial charge on any atom is 0.416 e. The van der Waals surface area contributed by atoms with Gasteiger partial charge in [-0.2, -0.15) is 18.2 Å². The molecule has 0 saturated carbocycles. The van der Waals surface area contributed by atoms with E-state index in [2.05, 4.69) is 15.5 Å². The number of aromatic nitrogens is 3. The van der Waals surface area contributed by atoms with Crippen LogP contribution in [0.25, 0.3) is 22.3 Å². The predicted molar refractivity (Wildman–Crippen MR) is 137 cm³/mol. The molecule has 2 aromatic heterocycles. The van der Waals surface area contributed by atoms with Gasteiger partial charge in [-0.15, -0.1) is 0 Å². The van der Waals surface area contributed by atoms with Gasteiger partial charge in [-0.25, -0.2) is 8.78 Å². The average Bonchev–Trinajstić information content (AvgIpc) is 3.38. The van der Waals surface area contributed by atoms with Crippen LogP contribution < -0.4 is 10.7 Å². The Morgan fingerprint density at radius 1 is 1.02 bits per heavy atom. The minimum Gasteiger partial charge on any atom is -0.480 e. The first kappa shape index (κ1) is 27.5. The van der Waals surface area contributed by atoms with Crippen molar-refractivity contribution in [3.8, 4) is 11.4 Å². The molecule has 0 unspecified atom stereocenters. The number of anilines is 1. The number of hydrogen-bond donors (Lipinski definition) is 2. The quantitative estimate of drug-likeness (QED) is 0.238. The summed E-state index contributed by atoms with van der Waals surface area (Å²) in [5.41, 5.74) is -1.49. The normalized spacial score (nSPS) is 11.6. The molecule has 0 spiro atoms. The van der Waals surface area contributed by atoms with Crippen LogP contribution in [0, 0.1) is 11.6 Å². The SMILES string of the molecule is O=C(O)CNc1cc2c(cc1F)c(=O)c(-c1noc(Cc3ccccc3)n1)cn2Cc1ccc(C(F)(F)F)cc1F. The van der Waals surface area contributed by atoms with E-state index in [-0.39, 0.29) is 52.4 Å². The third kappa shape index (κ3) is 5.93. The molecule has 5 aromatic rings. The van der Waals surface area contributed by atoms with Gasteiger partial charge in [0.1, 0.15) is 18.2 Å². The number of rotatable bonds is 8. The molecule has 5 rings (SSSR count). The van der Waals surface area contributed by atoms with Gasteiger partial charge >= 0.3 is 12.1 Å². The van der Waals surface area contributed by atoms with Gasteiger partial charge < -0.3 is 19.5 Å². The van der Waals surface area contributed by atoms with Crippen LogP contribution in [-0.4, -0.2) is 32.3 Å². The highest BCUT2D eigenvalue weighted by atomic mass is 19.4. The second kappa shape index (κ2) is 10.8. The van der Waals surface area contributed by atoms with Crippen molar-refractivity contribution in [3.63, 3.8) is 0 Å². The van der Waals surface area contributed by atoms with Crippen LogP contribution in [0.2, 0.25) is 0 Å². The molecule has 13 heteroatoms. The predicted octanol–water partition coefficient (Wildman–Crippen LogP) is 5.48. The standard InChI is InChI=1S/C28H19F5N4O4/c29-20-9-17(28(31,32)33)7-6-16(20)13-37-14-19(27-35-24(41-36-27)8-15-4-2-1-3-5-15)26(40)18-10-21(30)22(11-23(18)37)34-12-25(38)39/h1-7,9-11,14,34H,8,12-13H2,(H,38,39). The smallest absolute Gasteiger partial charge is 0.416 e. The largest absolute Gasteiger partial charge is 0.480 e. The number of carbonyl (C=O) groups is 1. The highest BCUT2D eigenvalue weighted by molar-refractivity contribution is 5.87. The number of benzene rings is 3. The minimum atomic E-state index is -4.76. The van der Waals surface area contributed by atoms with Crippen molar-refractivity contribution >= 4 is 22.6 Å². The zero-order valence-corrected chi connectivity index (χ0v) is 20.9. The number of fused-ring (bicyclic) bond motifs is 1. The van der Waals surface area contributed by atoms with E-state index < -0.39 is 41.3 Å². The molecule has 41 heavy (non-hydrogen) atoms. The van der Waals surface area contributed by atoms with Crippen LogP contribution in [0.4, 0.5) is 27.6 Å². The van der Waals surface area contributed by atoms with E-state index in [0.29, 0.717) is 6.07 Å². The van der Waals surface area contributed by atoms with Crippen molar-refractivity contribution in [2.75, 3.05) is 11.9 Å². The molecule has 0 radical (unpaired) electrons. The van der Waals surface area contributed by atoms with Crippen molar-refractivity contribution in [1.29, 1.82) is 0 Å². The Hall–Kier alpha value is -5.07. The molecule has 0 aliphatic carbocycles. The Bertz CT molecular complexity index is 1820. The third-order valence-corrected chi connectivity index (χ3v) is 6.23. The Morgan fingerprint density at radius 3 is 2.46 bits per heavy atom. The van der Waals surface area contributed by atoms with Crippen LogP contribution in [0.15, 0.2) is 76.2 Å². The van der Waals surface area contributed by atoms with E-state index >= 15 is 0 Å². The maximum absolute atomic E-state index is 14.9. The van der Waals surface area contributed by atoms with Gasteiger partial charge in [0, 0.05) is 17.1 Å². The Kier molecular flexibility index (Phi) is 7.26. The van der Waals surface area contributed by atoms with E-state index in [1.165, 1.54) is 10.8 Å². The first-order valence-electron chi connectivity index (χ1n) is 12.0. The Balaban J connectivity index is 1.62. The lowest BCUT2D eigenvalue weighted by Crippen LogP contribution is -2.17. The first-order valence-corrected chi connectivity index (χ1v) is 12.0. The number of hydrogen-bond acceptors (Lipinski definition) is 6. The van der Waals surface area contributed by atoms with Crippen molar-refractivity contribution in [3.05, 3.63) is 111 Å². The molecule has 0 atom stereocenters. The van der Waals surface area contributed by atoms with E-state index in [0.717, 1.165) is 29.8 Å². The summed E-state index contributed by atoms with van der Waals surface area (Å²) >= 11 is 0. The zero-order valence-electron chi connectivity index (χ0n) is 20.9. The number of pyridine rings is 1. The van der Waals surface area contributed by atoms with E-state index in [1.807, 2.05) is 30.3 Å². The monoisotopic (exact) mass is 570 g/mol. The van der Waals surface area contributed by atoms with Crippen molar-refractivity contribution in [2.24, 2.45) is 0 Å². The summed E-state index contributed by atoms with van der Waals surface area (Å²) in [5, 5.41) is 15.0. The van der Waals surface area contributed by atoms with E-state index in [9.17, 15) is 31.5 Å². The molecule has 2 N–H and O–H groups in total. The molecular weight excluding hydrogens is 551 g/mol. The molecule has 0 bridgehead atoms. The van der Waals surface area contributed by atoms with Gasteiger partial charge in [0.25, 0.3) is 0 Å². The molecular formula is C28H19F5N4O4. The van der Waals surface area contributed by atoms with E-state index in [4.69, 9.17) is 9.63 Å². The number of nitrogens with zero attached hydrogens (tertiary/aromatic N) is 3. The molecule has 210 valence electrons. The summed E-state index contributed by atoms with van der Waals surface area (Å²) in [7, 11) is 0. The maximum atomic E-state index is 14.9. The summed E-state index contributed by atoms with van der Waals surface area (Å²) in [6, 6.07) is 13.2. The lowest BCUT2D eigenvalue weighted by molar-refractivity contribution is -0.138. The fourth-order valence-electron chi connectivity index (χ4n) is 4.25. The van der Waals surface area contributed by atoms with Gasteiger partial charge in [0.15, 0.2) is 0 Å². The summed E-state index contributed by atoms with van der Waals surface area (Å²) in [6.07, 6.45) is -3.23. The van der Waals surface area contributed by atoms with E-state index in [1.54, 1.807) is 0 Å². The number of nitrogens with one attached hydrogen (secondary N) is 1. The van der Waals surface area contributed by atoms with Crippen LogP contribution in [0.1, 0.15) is 22.6 Å². The van der Waals surface area contributed by atoms with Crippen LogP contribution >= 0.6 is 0 Å². The summed E-state index contributed by atoms with van der Waals surface area (Å²) in [5.74, 6) is -3.29. The minimum absolute atomic E-state index is 0.0559. The van der Waals surface area contributed by atoms with Crippen LogP contribution in [0.3, 0.4) is 0 Å². The van der Waals surface area contributed by atoms with Gasteiger partial charge in [0.05, 0.1) is 35.3 Å². The molecule has 3 aromatic carbocycles. The van der Waals surface area contributed by atoms with Gasteiger partial charge in [-0.05, 0) is 29.8 Å². The Morgan fingerprint density at radius 2 is 1.78 bits per heavy atom. The van der Waals surface area contributed by atoms with Gasteiger partial charge in [-0.1, -0.05) is 41.6 Å². The number of aliphatic carboxylic acids is 1. The lowest BCUT2D eigenvalue weighted by atomic mass is 10.1. The van der Waals surface area contributed by atoms with Gasteiger partial charge in [-0.3, -0.25) is 9.59 Å². The highest BCUT2D eigenvalue weighted by Gasteiger charge is 2.31. The first-order chi connectivity index (χ1) is 19.5. The van der Waals surface area contributed by atoms with Crippen molar-refractivity contribution in [1.82, 2.24) is 14.7 Å². The number of alkyl halides is 3. The van der Waals surface area contributed by atoms with Gasteiger partial charge in [0.2, 0.25) is 17.1 Å². The Labute approximate surface area is 227 Å². The van der Waals surface area contributed by atoms with Crippen molar-refractivity contribution in [2.45, 2.75) is 19.1 Å². The number of halogens is 5. The fraction of sp³-hybridized carbons (Fsp3) is 0.143. The molecule has 0 aliphatic heterocycles. The second-order valence-corrected chi connectivity index (χ2v) is 9.07. The molecule has 8 nitrogen and oxygen atoms in total. The highest BCUT2D eigenvalue weighted by Crippen LogP contribution is 2.31. The molecule has 0 aliphatic rings. The summed E-state index contributed by atoms with van der Waals surface area (Å²) in [4.78, 5) is 28.7. The molecule has 0 saturated heterocycles. The zero-order chi connectivity index (χ0) is 29.3. The molecule has 0 amide bonds.